The molecule has 0 spiro atoms. The molecular weight excluding hydrogens is 685 g/mol. The number of para-hydroxylation sites is 1. The lowest BCUT2D eigenvalue weighted by Crippen LogP contribution is -1.94. The number of fused-ring (bicyclic) bond motifs is 10. The Balaban J connectivity index is 1.06. The number of thiophene rings is 1. The summed E-state index contributed by atoms with van der Waals surface area (Å²) in [5.41, 5.74) is 12.1. The molecule has 0 amide bonds. The normalized spacial score (nSPS) is 12.0. The number of nitrogens with zero attached hydrogens (tertiary/aromatic N) is 2. The van der Waals surface area contributed by atoms with Crippen LogP contribution in [0.4, 0.5) is 0 Å². The van der Waals surface area contributed by atoms with Crippen LogP contribution < -0.4 is 0 Å². The van der Waals surface area contributed by atoms with Crippen molar-refractivity contribution in [2.24, 2.45) is 0 Å². The van der Waals surface area contributed by atoms with Crippen molar-refractivity contribution in [1.29, 1.82) is 0 Å². The van der Waals surface area contributed by atoms with Gasteiger partial charge in [0.25, 0.3) is 0 Å². The van der Waals surface area contributed by atoms with Crippen LogP contribution in [-0.2, 0) is 0 Å². The van der Waals surface area contributed by atoms with Gasteiger partial charge in [0.15, 0.2) is 0 Å². The second-order valence-corrected chi connectivity index (χ2v) is 15.6. The van der Waals surface area contributed by atoms with Gasteiger partial charge < -0.3 is 9.13 Å². The summed E-state index contributed by atoms with van der Waals surface area (Å²) in [6, 6.07) is 71.5. The molecule has 3 aromatic heterocycles. The molecule has 55 heavy (non-hydrogen) atoms. The average Bonchev–Trinajstić information content (AvgIpc) is 3.90. The van der Waals surface area contributed by atoms with Crippen molar-refractivity contribution in [1.82, 2.24) is 9.13 Å². The van der Waals surface area contributed by atoms with Crippen LogP contribution >= 0.6 is 11.3 Å². The number of hydrogen-bond acceptors (Lipinski definition) is 1. The van der Waals surface area contributed by atoms with E-state index in [-0.39, 0.29) is 0 Å². The lowest BCUT2D eigenvalue weighted by atomic mass is 10.00. The molecule has 12 aromatic rings. The first kappa shape index (κ1) is 30.5. The third-order valence-corrected chi connectivity index (χ3v) is 12.6. The zero-order chi connectivity index (χ0) is 36.0. The molecule has 0 bridgehead atoms. The summed E-state index contributed by atoms with van der Waals surface area (Å²) in [6.07, 6.45) is 0. The van der Waals surface area contributed by atoms with Crippen LogP contribution in [0.1, 0.15) is 0 Å². The molecule has 0 radical (unpaired) electrons. The first-order chi connectivity index (χ1) is 27.3. The second-order valence-electron chi connectivity index (χ2n) is 14.5. The number of aromatic nitrogens is 2. The summed E-state index contributed by atoms with van der Waals surface area (Å²) in [5, 5.41) is 10.2. The van der Waals surface area contributed by atoms with Gasteiger partial charge in [-0.15, -0.1) is 11.3 Å². The van der Waals surface area contributed by atoms with Crippen LogP contribution in [0.2, 0.25) is 0 Å². The summed E-state index contributed by atoms with van der Waals surface area (Å²) >= 11 is 1.87. The van der Waals surface area contributed by atoms with Crippen molar-refractivity contribution in [3.63, 3.8) is 0 Å². The molecule has 0 saturated carbocycles. The standard InChI is InChI=1S/C52H32N2S/c1-2-11-33(12-3-1)34-21-25-39(26-22-34)53-46-27-23-38(31-43(46)44-29-35-13-4-5-14-36(35)32-49(44)53)37-24-28-47-42(30-37)40-15-6-8-17-45(40)54(47)48-18-10-20-51-52(48)41-16-7-9-19-50(41)55-51/h1-32H. The van der Waals surface area contributed by atoms with E-state index in [0.29, 0.717) is 0 Å². The van der Waals surface area contributed by atoms with Gasteiger partial charge in [-0.2, -0.15) is 0 Å². The summed E-state index contributed by atoms with van der Waals surface area (Å²) < 4.78 is 7.54. The van der Waals surface area contributed by atoms with Crippen LogP contribution in [0.15, 0.2) is 194 Å². The van der Waals surface area contributed by atoms with Gasteiger partial charge >= 0.3 is 0 Å². The molecule has 2 nitrogen and oxygen atoms in total. The maximum absolute atomic E-state index is 2.47. The van der Waals surface area contributed by atoms with Crippen LogP contribution in [0, 0.1) is 0 Å². The van der Waals surface area contributed by atoms with Gasteiger partial charge in [-0.05, 0) is 106 Å². The van der Waals surface area contributed by atoms with Crippen molar-refractivity contribution in [3.05, 3.63) is 194 Å². The van der Waals surface area contributed by atoms with E-state index < -0.39 is 0 Å². The van der Waals surface area contributed by atoms with E-state index in [0.717, 1.165) is 5.69 Å². The van der Waals surface area contributed by atoms with Gasteiger partial charge in [-0.25, -0.2) is 0 Å². The quantitative estimate of drug-likeness (QED) is 0.172. The minimum absolute atomic E-state index is 1.16. The minimum atomic E-state index is 1.16. The maximum Gasteiger partial charge on any atom is 0.0555 e. The van der Waals surface area contributed by atoms with Crippen LogP contribution in [0.3, 0.4) is 0 Å². The van der Waals surface area contributed by atoms with Gasteiger partial charge in [0.1, 0.15) is 0 Å². The summed E-state index contributed by atoms with van der Waals surface area (Å²) in [5.74, 6) is 0. The van der Waals surface area contributed by atoms with Crippen molar-refractivity contribution in [2.75, 3.05) is 0 Å². The van der Waals surface area contributed by atoms with Crippen LogP contribution in [-0.4, -0.2) is 9.13 Å². The Morgan fingerprint density at radius 3 is 1.67 bits per heavy atom. The molecule has 0 aliphatic heterocycles. The minimum Gasteiger partial charge on any atom is -0.309 e. The maximum atomic E-state index is 2.47. The molecule has 0 aliphatic rings. The van der Waals surface area contributed by atoms with Gasteiger partial charge in [-0.3, -0.25) is 0 Å². The van der Waals surface area contributed by atoms with E-state index in [1.165, 1.54) is 102 Å². The number of benzene rings is 9. The lowest BCUT2D eigenvalue weighted by molar-refractivity contribution is 1.18. The fourth-order valence-electron chi connectivity index (χ4n) is 8.95. The van der Waals surface area contributed by atoms with E-state index >= 15 is 0 Å². The predicted molar refractivity (Wildman–Crippen MR) is 236 cm³/mol. The average molecular weight is 717 g/mol. The lowest BCUT2D eigenvalue weighted by Gasteiger charge is -2.11. The molecule has 0 N–H and O–H groups in total. The molecule has 0 fully saturated rings. The fraction of sp³-hybridized carbons (Fsp3) is 0. The highest BCUT2D eigenvalue weighted by atomic mass is 32.1. The molecule has 3 heterocycles. The van der Waals surface area contributed by atoms with Crippen LogP contribution in [0.25, 0.3) is 108 Å². The Morgan fingerprint density at radius 2 is 0.873 bits per heavy atom. The SMILES string of the molecule is c1ccc(-c2ccc(-n3c4ccc(-c5ccc6c(c5)c5ccccc5n6-c5cccc6sc7ccccc7c56)cc4c4cc5ccccc5cc43)cc2)cc1. The summed E-state index contributed by atoms with van der Waals surface area (Å²) in [6.45, 7) is 0. The van der Waals surface area contributed by atoms with Crippen molar-refractivity contribution >= 4 is 85.9 Å². The van der Waals surface area contributed by atoms with Crippen molar-refractivity contribution in [3.8, 4) is 33.6 Å². The smallest absolute Gasteiger partial charge is 0.0555 e. The van der Waals surface area contributed by atoms with Gasteiger partial charge in [0.2, 0.25) is 0 Å². The highest BCUT2D eigenvalue weighted by Gasteiger charge is 2.19. The Morgan fingerprint density at radius 1 is 0.309 bits per heavy atom. The summed E-state index contributed by atoms with van der Waals surface area (Å²) in [4.78, 5) is 0. The van der Waals surface area contributed by atoms with Crippen molar-refractivity contribution in [2.45, 2.75) is 0 Å². The number of hydrogen-bond donors (Lipinski definition) is 0. The Labute approximate surface area is 321 Å². The van der Waals surface area contributed by atoms with Crippen molar-refractivity contribution < 1.29 is 0 Å². The molecular formula is C52H32N2S. The zero-order valence-corrected chi connectivity index (χ0v) is 30.6. The third kappa shape index (κ3) is 4.60. The molecule has 0 saturated heterocycles. The molecule has 0 atom stereocenters. The molecule has 9 aromatic carbocycles. The first-order valence-corrected chi connectivity index (χ1v) is 19.7. The summed E-state index contributed by atoms with van der Waals surface area (Å²) in [7, 11) is 0. The Kier molecular flexibility index (Phi) is 6.54. The molecule has 12 rings (SSSR count). The topological polar surface area (TPSA) is 9.86 Å². The van der Waals surface area contributed by atoms with E-state index in [2.05, 4.69) is 203 Å². The van der Waals surface area contributed by atoms with Gasteiger partial charge in [0.05, 0.1) is 27.8 Å². The van der Waals surface area contributed by atoms with E-state index in [4.69, 9.17) is 0 Å². The Bertz CT molecular complexity index is 3470. The number of rotatable bonds is 4. The monoisotopic (exact) mass is 716 g/mol. The van der Waals surface area contributed by atoms with Gasteiger partial charge in [0, 0.05) is 47.4 Å². The molecule has 3 heteroatoms. The highest BCUT2D eigenvalue weighted by molar-refractivity contribution is 7.25. The molecule has 0 unspecified atom stereocenters. The third-order valence-electron chi connectivity index (χ3n) is 11.5. The largest absolute Gasteiger partial charge is 0.309 e. The van der Waals surface area contributed by atoms with Gasteiger partial charge in [-0.1, -0.05) is 121 Å². The predicted octanol–water partition coefficient (Wildman–Crippen LogP) is 14.7. The zero-order valence-electron chi connectivity index (χ0n) is 29.8. The molecule has 0 aliphatic carbocycles. The highest BCUT2D eigenvalue weighted by Crippen LogP contribution is 2.43. The molecule has 256 valence electrons. The second kappa shape index (κ2) is 11.8. The Hall–Kier alpha value is -6.94. The van der Waals surface area contributed by atoms with E-state index in [1.54, 1.807) is 0 Å². The van der Waals surface area contributed by atoms with E-state index in [1.807, 2.05) is 11.3 Å². The first-order valence-electron chi connectivity index (χ1n) is 18.8. The van der Waals surface area contributed by atoms with E-state index in [9.17, 15) is 0 Å². The van der Waals surface area contributed by atoms with Crippen LogP contribution in [0.5, 0.6) is 0 Å². The fourth-order valence-corrected chi connectivity index (χ4v) is 10.1.